The second kappa shape index (κ2) is 3.90. The number of ether oxygens (including phenoxy) is 3. The molecular weight excluding hydrogens is 180 g/mol. The molecule has 2 unspecified atom stereocenters. The highest BCUT2D eigenvalue weighted by molar-refractivity contribution is 5.12. The summed E-state index contributed by atoms with van der Waals surface area (Å²) in [5.41, 5.74) is -0.360. The smallest absolute Gasteiger partial charge is 0.123 e. The highest BCUT2D eigenvalue weighted by Crippen LogP contribution is 2.16. The average Bonchev–Trinajstić information content (AvgIpc) is 2.97. The fourth-order valence-electron chi connectivity index (χ4n) is 1.07. The monoisotopic (exact) mass is 196 g/mol. The summed E-state index contributed by atoms with van der Waals surface area (Å²) in [5, 5.41) is 0. The molecule has 2 saturated heterocycles. The van der Waals surface area contributed by atoms with Gasteiger partial charge >= 0.3 is 0 Å². The first-order valence-electron chi connectivity index (χ1n) is 5.03. The van der Waals surface area contributed by atoms with Crippen molar-refractivity contribution in [2.45, 2.75) is 38.1 Å². The molecule has 14 heavy (non-hydrogen) atoms. The van der Waals surface area contributed by atoms with Gasteiger partial charge in [-0.3, -0.25) is 0 Å². The zero-order valence-electron chi connectivity index (χ0n) is 8.71. The van der Waals surface area contributed by atoms with Crippen LogP contribution < -0.4 is 0 Å². The third-order valence-electron chi connectivity index (χ3n) is 2.15. The summed E-state index contributed by atoms with van der Waals surface area (Å²) in [6.45, 7) is 6.32. The van der Waals surface area contributed by atoms with Gasteiger partial charge < -0.3 is 14.2 Å². The van der Waals surface area contributed by atoms with Gasteiger partial charge in [-0.15, -0.1) is 0 Å². The summed E-state index contributed by atoms with van der Waals surface area (Å²) in [5.74, 6) is 6.20. The predicted octanol–water partition coefficient (Wildman–Crippen LogP) is 0.973. The number of rotatable bonds is 4. The Kier molecular flexibility index (Phi) is 2.78. The number of epoxide rings is 2. The second-order valence-corrected chi connectivity index (χ2v) is 4.24. The van der Waals surface area contributed by atoms with Crippen molar-refractivity contribution in [1.29, 1.82) is 0 Å². The highest BCUT2D eigenvalue weighted by atomic mass is 16.6. The molecule has 0 aromatic rings. The SMILES string of the molecule is CC(C)(C#CCC1CO1)OCC1CO1. The van der Waals surface area contributed by atoms with Crippen molar-refractivity contribution in [2.24, 2.45) is 0 Å². The zero-order valence-corrected chi connectivity index (χ0v) is 8.71. The van der Waals surface area contributed by atoms with E-state index >= 15 is 0 Å². The Morgan fingerprint density at radius 1 is 1.29 bits per heavy atom. The van der Waals surface area contributed by atoms with Crippen molar-refractivity contribution in [3.63, 3.8) is 0 Å². The van der Waals surface area contributed by atoms with E-state index in [1.54, 1.807) is 0 Å². The maximum atomic E-state index is 5.62. The van der Waals surface area contributed by atoms with Crippen LogP contribution in [0.1, 0.15) is 20.3 Å². The normalized spacial score (nSPS) is 29.3. The van der Waals surface area contributed by atoms with E-state index in [0.717, 1.165) is 19.6 Å². The van der Waals surface area contributed by atoms with Gasteiger partial charge in [0.2, 0.25) is 0 Å². The molecule has 0 aromatic carbocycles. The van der Waals surface area contributed by atoms with Crippen molar-refractivity contribution in [2.75, 3.05) is 19.8 Å². The maximum absolute atomic E-state index is 5.62. The van der Waals surface area contributed by atoms with Gasteiger partial charge in [-0.05, 0) is 13.8 Å². The van der Waals surface area contributed by atoms with Crippen LogP contribution in [0.5, 0.6) is 0 Å². The van der Waals surface area contributed by atoms with Crippen LogP contribution in [0.3, 0.4) is 0 Å². The van der Waals surface area contributed by atoms with Crippen LogP contribution >= 0.6 is 0 Å². The first kappa shape index (κ1) is 9.97. The molecule has 0 aliphatic carbocycles. The minimum atomic E-state index is -0.360. The first-order valence-corrected chi connectivity index (χ1v) is 5.03. The number of hydrogen-bond donors (Lipinski definition) is 0. The highest BCUT2D eigenvalue weighted by Gasteiger charge is 2.26. The summed E-state index contributed by atoms with van der Waals surface area (Å²) < 4.78 is 15.7. The Balaban J connectivity index is 1.69. The van der Waals surface area contributed by atoms with E-state index in [9.17, 15) is 0 Å². The van der Waals surface area contributed by atoms with Gasteiger partial charge in [0.05, 0.1) is 25.9 Å². The van der Waals surface area contributed by atoms with Crippen molar-refractivity contribution in [3.8, 4) is 11.8 Å². The maximum Gasteiger partial charge on any atom is 0.123 e. The minimum absolute atomic E-state index is 0.308. The summed E-state index contributed by atoms with van der Waals surface area (Å²) in [4.78, 5) is 0. The van der Waals surface area contributed by atoms with Crippen LogP contribution in [0.2, 0.25) is 0 Å². The lowest BCUT2D eigenvalue weighted by molar-refractivity contribution is 0.0178. The van der Waals surface area contributed by atoms with Crippen molar-refractivity contribution in [3.05, 3.63) is 0 Å². The van der Waals surface area contributed by atoms with E-state index in [0.29, 0.717) is 18.8 Å². The van der Waals surface area contributed by atoms with Gasteiger partial charge in [0.25, 0.3) is 0 Å². The first-order chi connectivity index (χ1) is 6.66. The number of hydrogen-bond acceptors (Lipinski definition) is 3. The van der Waals surface area contributed by atoms with Gasteiger partial charge in [-0.2, -0.15) is 0 Å². The third kappa shape index (κ3) is 3.67. The van der Waals surface area contributed by atoms with Crippen LogP contribution in [0.4, 0.5) is 0 Å². The molecule has 0 N–H and O–H groups in total. The summed E-state index contributed by atoms with van der Waals surface area (Å²) in [7, 11) is 0. The molecule has 0 spiro atoms. The fraction of sp³-hybridized carbons (Fsp3) is 0.818. The molecule has 2 aliphatic heterocycles. The Bertz CT molecular complexity index is 253. The lowest BCUT2D eigenvalue weighted by Crippen LogP contribution is -2.24. The molecule has 0 aromatic heterocycles. The molecule has 0 amide bonds. The summed E-state index contributed by atoms with van der Waals surface area (Å²) in [6, 6.07) is 0. The largest absolute Gasteiger partial charge is 0.372 e. The van der Waals surface area contributed by atoms with Gasteiger partial charge in [-0.25, -0.2) is 0 Å². The van der Waals surface area contributed by atoms with Gasteiger partial charge in [0, 0.05) is 6.42 Å². The van der Waals surface area contributed by atoms with Crippen LogP contribution in [0.25, 0.3) is 0 Å². The Morgan fingerprint density at radius 2 is 1.93 bits per heavy atom. The van der Waals surface area contributed by atoms with E-state index < -0.39 is 0 Å². The van der Waals surface area contributed by atoms with E-state index in [2.05, 4.69) is 11.8 Å². The van der Waals surface area contributed by atoms with Gasteiger partial charge in [-0.1, -0.05) is 11.8 Å². The molecule has 2 rings (SSSR count). The van der Waals surface area contributed by atoms with E-state index in [1.165, 1.54) is 0 Å². The van der Waals surface area contributed by atoms with Crippen molar-refractivity contribution < 1.29 is 14.2 Å². The van der Waals surface area contributed by atoms with Crippen LogP contribution in [-0.4, -0.2) is 37.6 Å². The topological polar surface area (TPSA) is 34.3 Å². The molecule has 2 fully saturated rings. The molecule has 2 aliphatic rings. The summed E-state index contributed by atoms with van der Waals surface area (Å²) in [6.07, 6.45) is 1.51. The average molecular weight is 196 g/mol. The third-order valence-corrected chi connectivity index (χ3v) is 2.15. The lowest BCUT2D eigenvalue weighted by atomic mass is 10.1. The Hall–Kier alpha value is -0.560. The van der Waals surface area contributed by atoms with Crippen LogP contribution in [0.15, 0.2) is 0 Å². The zero-order chi connectivity index (χ0) is 10.0. The molecule has 0 radical (unpaired) electrons. The Labute approximate surface area is 84.7 Å². The molecule has 2 heterocycles. The molecule has 3 heteroatoms. The Morgan fingerprint density at radius 3 is 2.50 bits per heavy atom. The van der Waals surface area contributed by atoms with Gasteiger partial charge in [0.1, 0.15) is 11.7 Å². The quantitative estimate of drug-likeness (QED) is 0.496. The molecule has 2 atom stereocenters. The fourth-order valence-corrected chi connectivity index (χ4v) is 1.07. The molecule has 78 valence electrons. The van der Waals surface area contributed by atoms with E-state index in [4.69, 9.17) is 14.2 Å². The van der Waals surface area contributed by atoms with E-state index in [1.807, 2.05) is 13.8 Å². The second-order valence-electron chi connectivity index (χ2n) is 4.24. The van der Waals surface area contributed by atoms with Crippen molar-refractivity contribution >= 4 is 0 Å². The lowest BCUT2D eigenvalue weighted by Gasteiger charge is -2.17. The van der Waals surface area contributed by atoms with Crippen LogP contribution in [0, 0.1) is 11.8 Å². The minimum Gasteiger partial charge on any atom is -0.372 e. The van der Waals surface area contributed by atoms with Gasteiger partial charge in [0.15, 0.2) is 0 Å². The summed E-state index contributed by atoms with van der Waals surface area (Å²) >= 11 is 0. The van der Waals surface area contributed by atoms with E-state index in [-0.39, 0.29) is 5.60 Å². The molecule has 0 bridgehead atoms. The molecule has 3 nitrogen and oxygen atoms in total. The molecular formula is C11H16O3. The standard InChI is InChI=1S/C11H16O3/c1-11(2,14-8-10-7-13-10)5-3-4-9-6-12-9/h9-10H,4,6-8H2,1-2H3. The van der Waals surface area contributed by atoms with Crippen molar-refractivity contribution in [1.82, 2.24) is 0 Å². The van der Waals surface area contributed by atoms with Crippen LogP contribution in [-0.2, 0) is 14.2 Å². The predicted molar refractivity (Wildman–Crippen MR) is 51.9 cm³/mol. The molecule has 0 saturated carbocycles.